The lowest BCUT2D eigenvalue weighted by atomic mass is 10.0. The molecule has 0 aromatic carbocycles. The highest BCUT2D eigenvalue weighted by atomic mass is 19.4. The maximum atomic E-state index is 15.1. The maximum absolute atomic E-state index is 15.1. The number of H-pyrrole nitrogens is 1. The first-order valence-electron chi connectivity index (χ1n) is 11.2. The Morgan fingerprint density at radius 1 is 1.33 bits per heavy atom. The predicted octanol–water partition coefficient (Wildman–Crippen LogP) is 4.23. The zero-order chi connectivity index (χ0) is 25.7. The van der Waals surface area contributed by atoms with Crippen LogP contribution in [-0.2, 0) is 16.1 Å². The van der Waals surface area contributed by atoms with Crippen molar-refractivity contribution in [3.63, 3.8) is 0 Å². The Bertz CT molecular complexity index is 1270. The van der Waals surface area contributed by atoms with Crippen LogP contribution in [0.3, 0.4) is 0 Å². The largest absolute Gasteiger partial charge is 0.522 e. The number of halogens is 5. The third-order valence-electron chi connectivity index (χ3n) is 6.28. The van der Waals surface area contributed by atoms with Crippen molar-refractivity contribution in [2.24, 2.45) is 0 Å². The summed E-state index contributed by atoms with van der Waals surface area (Å²) in [5.74, 6) is -1.21. The molecule has 0 spiro atoms. The second-order valence-electron chi connectivity index (χ2n) is 9.18. The van der Waals surface area contributed by atoms with E-state index in [4.69, 9.17) is 4.74 Å². The van der Waals surface area contributed by atoms with Crippen LogP contribution in [0.15, 0.2) is 18.5 Å². The first-order valence-corrected chi connectivity index (χ1v) is 11.2. The van der Waals surface area contributed by atoms with Gasteiger partial charge >= 0.3 is 12.5 Å². The van der Waals surface area contributed by atoms with Crippen molar-refractivity contribution in [3.8, 4) is 0 Å². The Labute approximate surface area is 200 Å². The molecule has 0 radical (unpaired) electrons. The van der Waals surface area contributed by atoms with Gasteiger partial charge in [-0.1, -0.05) is 0 Å². The summed E-state index contributed by atoms with van der Waals surface area (Å²) in [6.45, 7) is 0.985. The summed E-state index contributed by atoms with van der Waals surface area (Å²) in [5, 5.41) is 12.4. The number of fused-ring (bicyclic) bond motifs is 1. The minimum Gasteiger partial charge on any atom is -0.443 e. The molecule has 194 valence electrons. The van der Waals surface area contributed by atoms with Gasteiger partial charge in [-0.05, 0) is 32.6 Å². The molecular formula is C21H22F5N7O3. The highest BCUT2D eigenvalue weighted by molar-refractivity contribution is 5.69. The topological polar surface area (TPSA) is 118 Å². The SMILES string of the molecule is CC1(NC(=O)O[C@@H]2CC[C@H](c3cc(Nc4ncc(F)c5nc(COC(F)(F)F)cn45)n[nH]3)[C@H]2F)CC1. The fourth-order valence-corrected chi connectivity index (χ4v) is 4.12. The number of aromatic nitrogens is 5. The molecule has 1 amide bonds. The Morgan fingerprint density at radius 3 is 2.83 bits per heavy atom. The molecule has 2 saturated carbocycles. The number of anilines is 2. The molecule has 15 heteroatoms. The molecule has 3 atom stereocenters. The lowest BCUT2D eigenvalue weighted by molar-refractivity contribution is -0.330. The second-order valence-corrected chi connectivity index (χ2v) is 9.18. The van der Waals surface area contributed by atoms with Crippen LogP contribution in [0.1, 0.15) is 49.9 Å². The number of aromatic amines is 1. The molecule has 10 nitrogen and oxygen atoms in total. The highest BCUT2D eigenvalue weighted by Crippen LogP contribution is 2.39. The molecule has 0 saturated heterocycles. The van der Waals surface area contributed by atoms with Gasteiger partial charge < -0.3 is 15.4 Å². The fraction of sp³-hybridized carbons (Fsp3) is 0.524. The highest BCUT2D eigenvalue weighted by Gasteiger charge is 2.43. The van der Waals surface area contributed by atoms with E-state index < -0.39 is 43.1 Å². The summed E-state index contributed by atoms with van der Waals surface area (Å²) in [4.78, 5) is 19.8. The zero-order valence-electron chi connectivity index (χ0n) is 18.9. The van der Waals surface area contributed by atoms with Crippen molar-refractivity contribution < 1.29 is 36.2 Å². The van der Waals surface area contributed by atoms with Crippen LogP contribution in [-0.4, -0.2) is 54.8 Å². The van der Waals surface area contributed by atoms with Gasteiger partial charge in [-0.2, -0.15) is 5.10 Å². The van der Waals surface area contributed by atoms with Gasteiger partial charge in [0.1, 0.15) is 12.3 Å². The molecule has 3 aromatic heterocycles. The first kappa shape index (κ1) is 24.2. The van der Waals surface area contributed by atoms with Crippen LogP contribution in [0, 0.1) is 5.82 Å². The monoisotopic (exact) mass is 515 g/mol. The Kier molecular flexibility index (Phi) is 5.97. The first-order chi connectivity index (χ1) is 17.0. The van der Waals surface area contributed by atoms with E-state index in [1.165, 1.54) is 6.07 Å². The molecule has 2 aliphatic rings. The van der Waals surface area contributed by atoms with Gasteiger partial charge in [-0.25, -0.2) is 23.5 Å². The number of carbonyl (C=O) groups is 1. The van der Waals surface area contributed by atoms with E-state index in [9.17, 15) is 22.4 Å². The van der Waals surface area contributed by atoms with Crippen LogP contribution in [0.4, 0.5) is 38.5 Å². The standard InChI is InChI=1S/C21H22F5N7O3/c1-20(4-5-20)30-19(34)36-14-3-2-11(16(14)23)13-6-15(32-31-13)29-18-27-7-12(22)17-28-10(8-33(17)18)9-35-21(24,25)26/h6-8,11,14,16H,2-5,9H2,1H3,(H,30,34)(H2,27,29,31,32)/t11-,14-,16-/m1/s1. The number of hydrogen-bond acceptors (Lipinski definition) is 7. The van der Waals surface area contributed by atoms with E-state index in [2.05, 4.69) is 35.5 Å². The molecule has 0 aliphatic heterocycles. The van der Waals surface area contributed by atoms with Crippen molar-refractivity contribution in [1.29, 1.82) is 0 Å². The zero-order valence-corrected chi connectivity index (χ0v) is 18.9. The number of ether oxygens (including phenoxy) is 2. The summed E-state index contributed by atoms with van der Waals surface area (Å²) in [6.07, 6.45) is -3.36. The van der Waals surface area contributed by atoms with Gasteiger partial charge in [0.25, 0.3) is 0 Å². The molecule has 2 aliphatic carbocycles. The average Bonchev–Trinajstić information content (AvgIpc) is 3.16. The van der Waals surface area contributed by atoms with Crippen molar-refractivity contribution in [2.45, 2.75) is 69.3 Å². The maximum Gasteiger partial charge on any atom is 0.522 e. The lowest BCUT2D eigenvalue weighted by Gasteiger charge is -2.19. The number of hydrogen-bond donors (Lipinski definition) is 3. The third kappa shape index (κ3) is 5.20. The summed E-state index contributed by atoms with van der Waals surface area (Å²) in [6, 6.07) is 1.53. The van der Waals surface area contributed by atoms with Gasteiger partial charge in [-0.15, -0.1) is 13.2 Å². The molecule has 5 rings (SSSR count). The lowest BCUT2D eigenvalue weighted by Crippen LogP contribution is -2.38. The number of imidazole rings is 1. The molecule has 3 N–H and O–H groups in total. The number of alkyl carbamates (subject to hydrolysis) is 1. The molecule has 3 aromatic rings. The number of nitrogens with one attached hydrogen (secondary N) is 3. The van der Waals surface area contributed by atoms with Crippen LogP contribution >= 0.6 is 0 Å². The number of alkyl halides is 4. The van der Waals surface area contributed by atoms with E-state index in [0.717, 1.165) is 29.6 Å². The van der Waals surface area contributed by atoms with Crippen molar-refractivity contribution in [3.05, 3.63) is 35.7 Å². The number of nitrogens with zero attached hydrogens (tertiary/aromatic N) is 4. The van der Waals surface area contributed by atoms with Crippen LogP contribution in [0.2, 0.25) is 0 Å². The number of carbonyl (C=O) groups excluding carboxylic acids is 1. The van der Waals surface area contributed by atoms with E-state index in [1.807, 2.05) is 6.92 Å². The molecular weight excluding hydrogens is 493 g/mol. The van der Waals surface area contributed by atoms with Gasteiger partial charge in [0.15, 0.2) is 17.3 Å². The molecule has 36 heavy (non-hydrogen) atoms. The predicted molar refractivity (Wildman–Crippen MR) is 114 cm³/mol. The smallest absolute Gasteiger partial charge is 0.443 e. The van der Waals surface area contributed by atoms with Gasteiger partial charge in [-0.3, -0.25) is 14.2 Å². The molecule has 2 fully saturated rings. The van der Waals surface area contributed by atoms with Gasteiger partial charge in [0.2, 0.25) is 5.95 Å². The Morgan fingerprint density at radius 2 is 2.11 bits per heavy atom. The van der Waals surface area contributed by atoms with Crippen LogP contribution in [0.5, 0.6) is 0 Å². The summed E-state index contributed by atoms with van der Waals surface area (Å²) in [7, 11) is 0. The fourth-order valence-electron chi connectivity index (χ4n) is 4.12. The van der Waals surface area contributed by atoms with Crippen molar-refractivity contribution >= 4 is 23.5 Å². The van der Waals surface area contributed by atoms with Crippen molar-refractivity contribution in [2.75, 3.05) is 5.32 Å². The molecule has 0 unspecified atom stereocenters. The van der Waals surface area contributed by atoms with E-state index >= 15 is 4.39 Å². The van der Waals surface area contributed by atoms with E-state index in [-0.39, 0.29) is 28.6 Å². The Hall–Kier alpha value is -3.49. The molecule has 3 heterocycles. The number of rotatable bonds is 7. The average molecular weight is 515 g/mol. The third-order valence-corrected chi connectivity index (χ3v) is 6.28. The summed E-state index contributed by atoms with van der Waals surface area (Å²) in [5.41, 5.74) is -0.246. The molecule has 0 bridgehead atoms. The van der Waals surface area contributed by atoms with Crippen LogP contribution < -0.4 is 10.6 Å². The Balaban J connectivity index is 1.26. The van der Waals surface area contributed by atoms with Gasteiger partial charge in [0.05, 0.1) is 18.5 Å². The quantitative estimate of drug-likeness (QED) is 0.403. The van der Waals surface area contributed by atoms with E-state index in [0.29, 0.717) is 18.5 Å². The summed E-state index contributed by atoms with van der Waals surface area (Å²) >= 11 is 0. The van der Waals surface area contributed by atoms with Gasteiger partial charge in [0, 0.05) is 29.4 Å². The minimum absolute atomic E-state index is 0.0184. The normalized spacial score (nSPS) is 23.1. The number of amides is 1. The minimum atomic E-state index is -4.86. The summed E-state index contributed by atoms with van der Waals surface area (Å²) < 4.78 is 76.3. The second kappa shape index (κ2) is 8.87. The van der Waals surface area contributed by atoms with E-state index in [1.54, 1.807) is 0 Å². The van der Waals surface area contributed by atoms with Crippen molar-refractivity contribution in [1.82, 2.24) is 29.9 Å². The van der Waals surface area contributed by atoms with Crippen LogP contribution in [0.25, 0.3) is 5.65 Å².